The van der Waals surface area contributed by atoms with Crippen LogP contribution in [-0.4, -0.2) is 40.6 Å². The third-order valence-corrected chi connectivity index (χ3v) is 4.25. The molecule has 1 aromatic carbocycles. The second-order valence-electron chi connectivity index (χ2n) is 4.50. The summed E-state index contributed by atoms with van der Waals surface area (Å²) in [6.07, 6.45) is 0.596. The number of carbonyl (C=O) groups excluding carboxylic acids is 1. The first-order valence-corrected chi connectivity index (χ1v) is 8.53. The van der Waals surface area contributed by atoms with Crippen LogP contribution >= 0.6 is 0 Å². The Bertz CT molecular complexity index is 561. The van der Waals surface area contributed by atoms with Crippen molar-refractivity contribution in [2.45, 2.75) is 24.7 Å². The minimum absolute atomic E-state index is 0.00457. The van der Waals surface area contributed by atoms with Crippen LogP contribution < -0.4 is 10.0 Å². The Morgan fingerprint density at radius 2 is 1.91 bits per heavy atom. The minimum Gasteiger partial charge on any atom is -0.380 e. The van der Waals surface area contributed by atoms with Crippen LogP contribution in [0.4, 0.5) is 4.39 Å². The molecule has 6 nitrogen and oxygen atoms in total. The van der Waals surface area contributed by atoms with E-state index in [1.807, 2.05) is 6.92 Å². The lowest BCUT2D eigenvalue weighted by molar-refractivity contribution is -0.121. The van der Waals surface area contributed by atoms with Crippen LogP contribution in [0, 0.1) is 5.82 Å². The molecule has 2 N–H and O–H groups in total. The van der Waals surface area contributed by atoms with Crippen molar-refractivity contribution in [3.05, 3.63) is 30.1 Å². The van der Waals surface area contributed by atoms with Crippen molar-refractivity contribution >= 4 is 15.9 Å². The third kappa shape index (κ3) is 6.97. The molecule has 1 rings (SSSR count). The molecular weight excluding hydrogens is 311 g/mol. The monoisotopic (exact) mass is 332 g/mol. The van der Waals surface area contributed by atoms with Crippen molar-refractivity contribution in [1.29, 1.82) is 0 Å². The smallest absolute Gasteiger partial charge is 0.240 e. The summed E-state index contributed by atoms with van der Waals surface area (Å²) >= 11 is 0. The van der Waals surface area contributed by atoms with Gasteiger partial charge in [0.2, 0.25) is 15.9 Å². The van der Waals surface area contributed by atoms with Crippen molar-refractivity contribution in [3.8, 4) is 0 Å². The van der Waals surface area contributed by atoms with Crippen molar-refractivity contribution in [2.75, 3.05) is 26.3 Å². The van der Waals surface area contributed by atoms with Gasteiger partial charge in [-0.3, -0.25) is 4.79 Å². The zero-order valence-electron chi connectivity index (χ0n) is 12.5. The van der Waals surface area contributed by atoms with Crippen LogP contribution in [0.5, 0.6) is 0 Å². The summed E-state index contributed by atoms with van der Waals surface area (Å²) in [6, 6.07) is 4.55. The van der Waals surface area contributed by atoms with Crippen LogP contribution in [0.1, 0.15) is 19.8 Å². The van der Waals surface area contributed by atoms with Gasteiger partial charge in [-0.1, -0.05) is 0 Å². The summed E-state index contributed by atoms with van der Waals surface area (Å²) in [7, 11) is -3.67. The number of benzene rings is 1. The fourth-order valence-corrected chi connectivity index (χ4v) is 2.72. The van der Waals surface area contributed by atoms with Gasteiger partial charge in [-0.15, -0.1) is 0 Å². The van der Waals surface area contributed by atoms with Gasteiger partial charge in [0.05, 0.1) is 11.5 Å². The summed E-state index contributed by atoms with van der Waals surface area (Å²) in [4.78, 5) is 11.4. The van der Waals surface area contributed by atoms with Gasteiger partial charge >= 0.3 is 0 Å². The number of amides is 1. The van der Waals surface area contributed by atoms with Crippen LogP contribution in [0.15, 0.2) is 29.2 Å². The number of carbonyl (C=O) groups is 1. The second kappa shape index (κ2) is 9.50. The van der Waals surface area contributed by atoms with Gasteiger partial charge in [-0.05, 0) is 37.6 Å². The molecule has 0 atom stereocenters. The van der Waals surface area contributed by atoms with Crippen molar-refractivity contribution in [1.82, 2.24) is 10.0 Å². The number of nitrogens with one attached hydrogen (secondary N) is 2. The maximum atomic E-state index is 12.8. The number of rotatable bonds is 10. The SMILES string of the molecule is CCOCCNC(=O)CCCNS(=O)(=O)c1ccc(F)cc1. The van der Waals surface area contributed by atoms with Crippen LogP contribution in [0.2, 0.25) is 0 Å². The molecule has 0 aromatic heterocycles. The van der Waals surface area contributed by atoms with Crippen LogP contribution in [0.3, 0.4) is 0 Å². The molecule has 8 heteroatoms. The topological polar surface area (TPSA) is 84.5 Å². The number of hydrogen-bond acceptors (Lipinski definition) is 4. The molecule has 0 aliphatic carbocycles. The highest BCUT2D eigenvalue weighted by Gasteiger charge is 2.13. The average molecular weight is 332 g/mol. The molecule has 124 valence electrons. The maximum absolute atomic E-state index is 12.8. The first-order chi connectivity index (χ1) is 10.5. The number of hydrogen-bond donors (Lipinski definition) is 2. The first kappa shape index (κ1) is 18.5. The highest BCUT2D eigenvalue weighted by molar-refractivity contribution is 7.89. The molecule has 0 radical (unpaired) electrons. The lowest BCUT2D eigenvalue weighted by atomic mass is 10.3. The molecule has 0 heterocycles. The van der Waals surface area contributed by atoms with E-state index in [2.05, 4.69) is 10.0 Å². The molecule has 0 aliphatic heterocycles. The molecule has 0 unspecified atom stereocenters. The molecule has 0 saturated heterocycles. The summed E-state index contributed by atoms with van der Waals surface area (Å²) < 4.78 is 44.0. The number of sulfonamides is 1. The van der Waals surface area contributed by atoms with E-state index in [0.29, 0.717) is 26.2 Å². The average Bonchev–Trinajstić information content (AvgIpc) is 2.49. The van der Waals surface area contributed by atoms with Crippen LogP contribution in [0.25, 0.3) is 0 Å². The van der Waals surface area contributed by atoms with E-state index in [-0.39, 0.29) is 23.8 Å². The Hall–Kier alpha value is -1.51. The normalized spacial score (nSPS) is 11.4. The fraction of sp³-hybridized carbons (Fsp3) is 0.500. The Labute approximate surface area is 130 Å². The van der Waals surface area contributed by atoms with E-state index in [4.69, 9.17) is 4.74 Å². The van der Waals surface area contributed by atoms with Gasteiger partial charge in [-0.2, -0.15) is 0 Å². The predicted octanol–water partition coefficient (Wildman–Crippen LogP) is 1.04. The zero-order valence-corrected chi connectivity index (χ0v) is 13.3. The Morgan fingerprint density at radius 1 is 1.23 bits per heavy atom. The Balaban J connectivity index is 2.26. The molecule has 22 heavy (non-hydrogen) atoms. The predicted molar refractivity (Wildman–Crippen MR) is 80.3 cm³/mol. The van der Waals surface area contributed by atoms with E-state index in [1.165, 1.54) is 12.1 Å². The van der Waals surface area contributed by atoms with E-state index in [1.54, 1.807) is 0 Å². The zero-order chi connectivity index (χ0) is 16.4. The molecule has 1 aromatic rings. The lowest BCUT2D eigenvalue weighted by Gasteiger charge is -2.07. The molecule has 1 amide bonds. The third-order valence-electron chi connectivity index (χ3n) is 2.77. The standard InChI is InChI=1S/C14H21FN2O4S/c1-2-21-11-10-16-14(18)4-3-9-17-22(19,20)13-7-5-12(15)6-8-13/h5-8,17H,2-4,9-11H2,1H3,(H,16,18). The quantitative estimate of drug-likeness (QED) is 0.627. The van der Waals surface area contributed by atoms with E-state index < -0.39 is 15.8 Å². The van der Waals surface area contributed by atoms with E-state index in [9.17, 15) is 17.6 Å². The van der Waals surface area contributed by atoms with Gasteiger partial charge in [0, 0.05) is 26.1 Å². The summed E-state index contributed by atoms with van der Waals surface area (Å²) in [5, 5.41) is 2.67. The van der Waals surface area contributed by atoms with Gasteiger partial charge < -0.3 is 10.1 Å². The molecule has 0 fully saturated rings. The van der Waals surface area contributed by atoms with Gasteiger partial charge in [-0.25, -0.2) is 17.5 Å². The van der Waals surface area contributed by atoms with Gasteiger partial charge in [0.1, 0.15) is 5.82 Å². The van der Waals surface area contributed by atoms with Crippen LogP contribution in [-0.2, 0) is 19.6 Å². The molecule has 0 spiro atoms. The second-order valence-corrected chi connectivity index (χ2v) is 6.27. The highest BCUT2D eigenvalue weighted by atomic mass is 32.2. The first-order valence-electron chi connectivity index (χ1n) is 7.05. The molecule has 0 saturated carbocycles. The largest absolute Gasteiger partial charge is 0.380 e. The van der Waals surface area contributed by atoms with Gasteiger partial charge in [0.25, 0.3) is 0 Å². The minimum atomic E-state index is -3.67. The van der Waals surface area contributed by atoms with E-state index >= 15 is 0 Å². The summed E-state index contributed by atoms with van der Waals surface area (Å²) in [5.74, 6) is -0.650. The van der Waals surface area contributed by atoms with Crippen molar-refractivity contribution < 1.29 is 22.3 Å². The summed E-state index contributed by atoms with van der Waals surface area (Å²) in [6.45, 7) is 3.50. The van der Waals surface area contributed by atoms with Gasteiger partial charge in [0.15, 0.2) is 0 Å². The molecule has 0 aliphatic rings. The highest BCUT2D eigenvalue weighted by Crippen LogP contribution is 2.09. The van der Waals surface area contributed by atoms with Crippen molar-refractivity contribution in [2.24, 2.45) is 0 Å². The Morgan fingerprint density at radius 3 is 2.55 bits per heavy atom. The maximum Gasteiger partial charge on any atom is 0.240 e. The molecular formula is C14H21FN2O4S. The van der Waals surface area contributed by atoms with E-state index in [0.717, 1.165) is 12.1 Å². The Kier molecular flexibility index (Phi) is 8.00. The lowest BCUT2D eigenvalue weighted by Crippen LogP contribution is -2.29. The summed E-state index contributed by atoms with van der Waals surface area (Å²) in [5.41, 5.74) is 0. The fourth-order valence-electron chi connectivity index (χ4n) is 1.65. The van der Waals surface area contributed by atoms with Crippen molar-refractivity contribution in [3.63, 3.8) is 0 Å². The number of ether oxygens (including phenoxy) is 1. The number of halogens is 1. The molecule has 0 bridgehead atoms.